The highest BCUT2D eigenvalue weighted by atomic mass is 16.2. The van der Waals surface area contributed by atoms with E-state index < -0.39 is 0 Å². The summed E-state index contributed by atoms with van der Waals surface area (Å²) in [6, 6.07) is 6.00. The largest absolute Gasteiger partial charge is 0.398 e. The van der Waals surface area contributed by atoms with Crippen LogP contribution in [0, 0.1) is 6.92 Å². The molecule has 0 radical (unpaired) electrons. The van der Waals surface area contributed by atoms with Gasteiger partial charge in [-0.3, -0.25) is 4.79 Å². The molecule has 1 aromatic rings. The number of nitrogen functional groups attached to an aromatic ring is 1. The van der Waals surface area contributed by atoms with Gasteiger partial charge in [-0.05, 0) is 37.8 Å². The summed E-state index contributed by atoms with van der Waals surface area (Å²) in [6.07, 6.45) is 3.47. The summed E-state index contributed by atoms with van der Waals surface area (Å²) in [6.45, 7) is 1.93. The molecule has 16 heavy (non-hydrogen) atoms. The monoisotopic (exact) mass is 218 g/mol. The second-order valence-electron chi connectivity index (χ2n) is 4.54. The van der Waals surface area contributed by atoms with Crippen molar-refractivity contribution >= 4 is 11.6 Å². The average molecular weight is 218 g/mol. The summed E-state index contributed by atoms with van der Waals surface area (Å²) < 4.78 is 0. The third-order valence-corrected chi connectivity index (χ3v) is 3.46. The van der Waals surface area contributed by atoms with Gasteiger partial charge >= 0.3 is 0 Å². The van der Waals surface area contributed by atoms with Gasteiger partial charge < -0.3 is 10.6 Å². The maximum absolute atomic E-state index is 12.3. The highest BCUT2D eigenvalue weighted by Crippen LogP contribution is 2.26. The number of nitrogens with two attached hydrogens (primary N) is 1. The molecule has 1 aliphatic rings. The number of amides is 1. The molecule has 0 saturated heterocycles. The summed E-state index contributed by atoms with van der Waals surface area (Å²) in [7, 11) is 1.87. The number of anilines is 1. The van der Waals surface area contributed by atoms with E-state index in [4.69, 9.17) is 5.73 Å². The van der Waals surface area contributed by atoms with Crippen LogP contribution in [0.4, 0.5) is 5.69 Å². The van der Waals surface area contributed by atoms with Crippen molar-refractivity contribution in [3.8, 4) is 0 Å². The van der Waals surface area contributed by atoms with Gasteiger partial charge in [-0.2, -0.15) is 0 Å². The predicted octanol–water partition coefficient (Wildman–Crippen LogP) is 2.20. The molecular weight excluding hydrogens is 200 g/mol. The fourth-order valence-corrected chi connectivity index (χ4v) is 2.10. The second kappa shape index (κ2) is 4.16. The van der Waals surface area contributed by atoms with Crippen LogP contribution in [0.3, 0.4) is 0 Å². The first kappa shape index (κ1) is 11.0. The van der Waals surface area contributed by atoms with Gasteiger partial charge in [0, 0.05) is 18.8 Å². The van der Waals surface area contributed by atoms with E-state index in [1.165, 1.54) is 6.42 Å². The molecule has 0 spiro atoms. The fourth-order valence-electron chi connectivity index (χ4n) is 2.10. The van der Waals surface area contributed by atoms with E-state index in [0.717, 1.165) is 18.4 Å². The lowest BCUT2D eigenvalue weighted by molar-refractivity contribution is 0.0652. The standard InChI is InChI=1S/C13H18N2O/c1-9-5-3-8-11(14)12(9)13(16)15(2)10-6-4-7-10/h3,5,8,10H,4,6-7,14H2,1-2H3. The SMILES string of the molecule is Cc1cccc(N)c1C(=O)N(C)C1CCC1. The maximum atomic E-state index is 12.3. The van der Waals surface area contributed by atoms with Crippen LogP contribution < -0.4 is 5.73 Å². The van der Waals surface area contributed by atoms with E-state index in [2.05, 4.69) is 0 Å². The van der Waals surface area contributed by atoms with Crippen molar-refractivity contribution in [1.29, 1.82) is 0 Å². The highest BCUT2D eigenvalue weighted by molar-refractivity contribution is 6.00. The van der Waals surface area contributed by atoms with Crippen molar-refractivity contribution in [3.63, 3.8) is 0 Å². The molecular formula is C13H18N2O. The second-order valence-corrected chi connectivity index (χ2v) is 4.54. The van der Waals surface area contributed by atoms with E-state index in [1.54, 1.807) is 6.07 Å². The third kappa shape index (κ3) is 1.77. The Balaban J connectivity index is 2.26. The number of aryl methyl sites for hydroxylation is 1. The minimum Gasteiger partial charge on any atom is -0.398 e. The summed E-state index contributed by atoms with van der Waals surface area (Å²) >= 11 is 0. The van der Waals surface area contributed by atoms with Crippen LogP contribution in [0.25, 0.3) is 0 Å². The van der Waals surface area contributed by atoms with E-state index in [1.807, 2.05) is 31.0 Å². The van der Waals surface area contributed by atoms with Gasteiger partial charge in [0.2, 0.25) is 0 Å². The van der Waals surface area contributed by atoms with E-state index in [-0.39, 0.29) is 5.91 Å². The molecule has 86 valence electrons. The summed E-state index contributed by atoms with van der Waals surface area (Å²) in [4.78, 5) is 14.1. The zero-order valence-electron chi connectivity index (χ0n) is 9.86. The van der Waals surface area contributed by atoms with E-state index in [0.29, 0.717) is 17.3 Å². The zero-order chi connectivity index (χ0) is 11.7. The molecule has 3 nitrogen and oxygen atoms in total. The molecule has 1 amide bonds. The van der Waals surface area contributed by atoms with Crippen molar-refractivity contribution in [3.05, 3.63) is 29.3 Å². The number of hydrogen-bond acceptors (Lipinski definition) is 2. The number of rotatable bonds is 2. The summed E-state index contributed by atoms with van der Waals surface area (Å²) in [5.74, 6) is 0.0558. The molecule has 0 atom stereocenters. The third-order valence-electron chi connectivity index (χ3n) is 3.46. The Morgan fingerprint density at radius 2 is 2.12 bits per heavy atom. The van der Waals surface area contributed by atoms with Crippen LogP contribution in [0.5, 0.6) is 0 Å². The van der Waals surface area contributed by atoms with Gasteiger partial charge in [-0.25, -0.2) is 0 Å². The first-order valence-electron chi connectivity index (χ1n) is 5.73. The first-order chi connectivity index (χ1) is 7.61. The van der Waals surface area contributed by atoms with E-state index >= 15 is 0 Å². The minimum absolute atomic E-state index is 0.0558. The molecule has 0 heterocycles. The van der Waals surface area contributed by atoms with Crippen molar-refractivity contribution in [1.82, 2.24) is 4.90 Å². The lowest BCUT2D eigenvalue weighted by atomic mass is 9.91. The fraction of sp³-hybridized carbons (Fsp3) is 0.462. The van der Waals surface area contributed by atoms with Crippen molar-refractivity contribution in [2.75, 3.05) is 12.8 Å². The van der Waals surface area contributed by atoms with Crippen molar-refractivity contribution in [2.24, 2.45) is 0 Å². The average Bonchev–Trinajstić information content (AvgIpc) is 2.14. The van der Waals surface area contributed by atoms with Gasteiger partial charge in [0.25, 0.3) is 5.91 Å². The van der Waals surface area contributed by atoms with Crippen LogP contribution >= 0.6 is 0 Å². The van der Waals surface area contributed by atoms with Crippen molar-refractivity contribution in [2.45, 2.75) is 32.2 Å². The Hall–Kier alpha value is -1.51. The summed E-state index contributed by atoms with van der Waals surface area (Å²) in [5, 5.41) is 0. The Bertz CT molecular complexity index is 390. The lowest BCUT2D eigenvalue weighted by Gasteiger charge is -2.35. The van der Waals surface area contributed by atoms with Gasteiger partial charge in [-0.1, -0.05) is 12.1 Å². The van der Waals surface area contributed by atoms with E-state index in [9.17, 15) is 4.79 Å². The molecule has 3 heteroatoms. The van der Waals surface area contributed by atoms with Crippen LogP contribution in [0.1, 0.15) is 35.2 Å². The first-order valence-corrected chi connectivity index (χ1v) is 5.73. The number of benzene rings is 1. The number of nitrogens with zero attached hydrogens (tertiary/aromatic N) is 1. The van der Waals surface area contributed by atoms with Crippen LogP contribution in [-0.4, -0.2) is 23.9 Å². The molecule has 0 aromatic heterocycles. The summed E-state index contributed by atoms with van der Waals surface area (Å²) in [5.41, 5.74) is 8.07. The van der Waals surface area contributed by atoms with Gasteiger partial charge in [0.15, 0.2) is 0 Å². The normalized spacial score (nSPS) is 15.6. The molecule has 1 saturated carbocycles. The zero-order valence-corrected chi connectivity index (χ0v) is 9.86. The maximum Gasteiger partial charge on any atom is 0.256 e. The van der Waals surface area contributed by atoms with Crippen LogP contribution in [0.15, 0.2) is 18.2 Å². The Morgan fingerprint density at radius 1 is 1.44 bits per heavy atom. The molecule has 1 aliphatic carbocycles. The number of hydrogen-bond donors (Lipinski definition) is 1. The Morgan fingerprint density at radius 3 is 2.62 bits per heavy atom. The molecule has 0 aliphatic heterocycles. The minimum atomic E-state index is 0.0558. The molecule has 1 aromatic carbocycles. The topological polar surface area (TPSA) is 46.3 Å². The van der Waals surface area contributed by atoms with Gasteiger partial charge in [0.1, 0.15) is 0 Å². The quantitative estimate of drug-likeness (QED) is 0.773. The van der Waals surface area contributed by atoms with Crippen LogP contribution in [-0.2, 0) is 0 Å². The lowest BCUT2D eigenvalue weighted by Crippen LogP contribution is -2.41. The molecule has 2 N–H and O–H groups in total. The Kier molecular flexibility index (Phi) is 2.86. The number of carbonyl (C=O) groups is 1. The van der Waals surface area contributed by atoms with Gasteiger partial charge in [0.05, 0.1) is 5.56 Å². The Labute approximate surface area is 96.2 Å². The molecule has 1 fully saturated rings. The molecule has 0 unspecified atom stereocenters. The highest BCUT2D eigenvalue weighted by Gasteiger charge is 2.27. The predicted molar refractivity (Wildman–Crippen MR) is 65.3 cm³/mol. The smallest absolute Gasteiger partial charge is 0.256 e. The van der Waals surface area contributed by atoms with Gasteiger partial charge in [-0.15, -0.1) is 0 Å². The molecule has 2 rings (SSSR count). The molecule has 0 bridgehead atoms. The van der Waals surface area contributed by atoms with Crippen molar-refractivity contribution < 1.29 is 4.79 Å². The number of carbonyl (C=O) groups excluding carboxylic acids is 1. The van der Waals surface area contributed by atoms with Crippen LogP contribution in [0.2, 0.25) is 0 Å².